The Morgan fingerprint density at radius 3 is 2.23 bits per heavy atom. The first kappa shape index (κ1) is 10.8. The Hall–Kier alpha value is -0.290. The minimum Gasteiger partial charge on any atom is -0.300 e. The van der Waals surface area contributed by atoms with E-state index in [1.807, 2.05) is 0 Å². The first-order valence-corrected chi connectivity index (χ1v) is 6.16. The van der Waals surface area contributed by atoms with E-state index in [1.54, 1.807) is 13.8 Å². The molecule has 0 aliphatic heterocycles. The van der Waals surface area contributed by atoms with Gasteiger partial charge in [0.15, 0.2) is 0 Å². The van der Waals surface area contributed by atoms with Crippen LogP contribution in [0.15, 0.2) is 0 Å². The highest BCUT2D eigenvalue weighted by molar-refractivity contribution is 7.59. The zero-order valence-electron chi connectivity index (χ0n) is 8.08. The molecule has 1 rings (SSSR count). The number of hydrogen-bond acceptors (Lipinski definition) is 3. The van der Waals surface area contributed by atoms with Crippen LogP contribution in [0.1, 0.15) is 26.7 Å². The van der Waals surface area contributed by atoms with E-state index < -0.39 is 7.60 Å². The third kappa shape index (κ3) is 3.95. The van der Waals surface area contributed by atoms with Crippen LogP contribution < -0.4 is 0 Å². The van der Waals surface area contributed by atoms with E-state index in [2.05, 4.69) is 11.6 Å². The molecule has 4 heteroatoms. The van der Waals surface area contributed by atoms with E-state index in [-0.39, 0.29) is 0 Å². The Morgan fingerprint density at radius 2 is 1.85 bits per heavy atom. The summed E-state index contributed by atoms with van der Waals surface area (Å²) in [5, 5.41) is 0. The van der Waals surface area contributed by atoms with Gasteiger partial charge in [0.1, 0.15) is 0 Å². The van der Waals surface area contributed by atoms with Crippen LogP contribution in [0.4, 0.5) is 0 Å². The summed E-state index contributed by atoms with van der Waals surface area (Å²) in [5.41, 5.74) is 2.62. The van der Waals surface area contributed by atoms with Crippen LogP contribution in [0.25, 0.3) is 0 Å². The molecule has 1 aliphatic carbocycles. The topological polar surface area (TPSA) is 35.5 Å². The lowest BCUT2D eigenvalue weighted by atomic mass is 10.5. The highest BCUT2D eigenvalue weighted by Gasteiger charge is 2.23. The number of hydrogen-bond donors (Lipinski definition) is 0. The van der Waals surface area contributed by atoms with Crippen LogP contribution in [-0.2, 0) is 13.6 Å². The molecule has 74 valence electrons. The number of rotatable bonds is 4. The molecular formula is C9H15O3P. The fourth-order valence-corrected chi connectivity index (χ4v) is 2.06. The second kappa shape index (κ2) is 4.81. The smallest absolute Gasteiger partial charge is 0.300 e. The molecule has 1 aliphatic rings. The zero-order valence-corrected chi connectivity index (χ0v) is 8.97. The van der Waals surface area contributed by atoms with Gasteiger partial charge in [-0.1, -0.05) is 5.92 Å². The molecule has 0 saturated heterocycles. The molecule has 0 atom stereocenters. The standard InChI is InChI=1S/C9H15O3P/c1-3-11-13(10,12-4-2)8-7-9-5-6-9/h9H,3-6H2,1-2H3. The molecule has 0 aromatic heterocycles. The minimum atomic E-state index is -3.09. The van der Waals surface area contributed by atoms with Crippen molar-refractivity contribution in [3.05, 3.63) is 0 Å². The molecule has 0 aromatic carbocycles. The molecule has 0 amide bonds. The molecule has 0 unspecified atom stereocenters. The lowest BCUT2D eigenvalue weighted by molar-refractivity contribution is 0.230. The summed E-state index contributed by atoms with van der Waals surface area (Å²) < 4.78 is 21.7. The Bertz CT molecular complexity index is 250. The predicted molar refractivity (Wildman–Crippen MR) is 51.4 cm³/mol. The highest BCUT2D eigenvalue weighted by Crippen LogP contribution is 2.47. The maximum absolute atomic E-state index is 11.7. The Kier molecular flexibility index (Phi) is 3.99. The van der Waals surface area contributed by atoms with Crippen LogP contribution in [0.2, 0.25) is 0 Å². The fourth-order valence-electron chi connectivity index (χ4n) is 0.840. The minimum absolute atomic E-state index is 0.372. The van der Waals surface area contributed by atoms with Crippen molar-refractivity contribution in [2.24, 2.45) is 5.92 Å². The molecule has 1 saturated carbocycles. The third-order valence-corrected chi connectivity index (χ3v) is 3.18. The van der Waals surface area contributed by atoms with Gasteiger partial charge in [-0.3, -0.25) is 9.05 Å². The Labute approximate surface area is 79.3 Å². The first-order valence-electron chi connectivity index (χ1n) is 4.62. The van der Waals surface area contributed by atoms with E-state index in [1.165, 1.54) is 0 Å². The molecule has 3 nitrogen and oxygen atoms in total. The van der Waals surface area contributed by atoms with Crippen molar-refractivity contribution in [2.75, 3.05) is 13.2 Å². The van der Waals surface area contributed by atoms with E-state index >= 15 is 0 Å². The van der Waals surface area contributed by atoms with Gasteiger partial charge in [0.05, 0.1) is 13.2 Å². The normalized spacial score (nSPS) is 16.5. The van der Waals surface area contributed by atoms with Gasteiger partial charge in [-0.05, 0) is 26.7 Å². The first-order chi connectivity index (χ1) is 6.20. The van der Waals surface area contributed by atoms with Gasteiger partial charge < -0.3 is 0 Å². The van der Waals surface area contributed by atoms with Crippen molar-refractivity contribution in [3.8, 4) is 11.6 Å². The van der Waals surface area contributed by atoms with Gasteiger partial charge in [0.25, 0.3) is 0 Å². The molecule has 0 heterocycles. The average Bonchev–Trinajstić information content (AvgIpc) is 2.85. The molecule has 0 N–H and O–H groups in total. The quantitative estimate of drug-likeness (QED) is 0.519. The average molecular weight is 202 g/mol. The molecule has 0 spiro atoms. The van der Waals surface area contributed by atoms with E-state index in [4.69, 9.17) is 9.05 Å². The van der Waals surface area contributed by atoms with Gasteiger partial charge in [-0.15, -0.1) is 0 Å². The van der Waals surface area contributed by atoms with Crippen molar-refractivity contribution in [2.45, 2.75) is 26.7 Å². The summed E-state index contributed by atoms with van der Waals surface area (Å²) in [7, 11) is -3.09. The maximum atomic E-state index is 11.7. The summed E-state index contributed by atoms with van der Waals surface area (Å²) in [5.74, 6) is 3.33. The monoisotopic (exact) mass is 202 g/mol. The summed E-state index contributed by atoms with van der Waals surface area (Å²) in [6.07, 6.45) is 2.23. The Morgan fingerprint density at radius 1 is 1.31 bits per heavy atom. The summed E-state index contributed by atoms with van der Waals surface area (Å²) >= 11 is 0. The van der Waals surface area contributed by atoms with Gasteiger partial charge >= 0.3 is 7.60 Å². The third-order valence-electron chi connectivity index (χ3n) is 1.58. The van der Waals surface area contributed by atoms with Crippen molar-refractivity contribution >= 4 is 7.60 Å². The maximum Gasteiger partial charge on any atom is 0.405 e. The van der Waals surface area contributed by atoms with Crippen LogP contribution in [-0.4, -0.2) is 13.2 Å². The van der Waals surface area contributed by atoms with Crippen LogP contribution in [0.5, 0.6) is 0 Å². The SMILES string of the molecule is CCOP(=O)(C#CC1CC1)OCC. The molecule has 0 bridgehead atoms. The molecule has 1 fully saturated rings. The van der Waals surface area contributed by atoms with Crippen molar-refractivity contribution < 1.29 is 13.6 Å². The van der Waals surface area contributed by atoms with Gasteiger partial charge in [-0.2, -0.15) is 0 Å². The summed E-state index contributed by atoms with van der Waals surface area (Å²) in [6, 6.07) is 0. The van der Waals surface area contributed by atoms with Crippen molar-refractivity contribution in [1.29, 1.82) is 0 Å². The van der Waals surface area contributed by atoms with Gasteiger partial charge in [0.2, 0.25) is 0 Å². The van der Waals surface area contributed by atoms with Gasteiger partial charge in [-0.25, -0.2) is 4.57 Å². The van der Waals surface area contributed by atoms with Gasteiger partial charge in [0, 0.05) is 11.6 Å². The van der Waals surface area contributed by atoms with Crippen molar-refractivity contribution in [1.82, 2.24) is 0 Å². The van der Waals surface area contributed by atoms with E-state index in [0.29, 0.717) is 19.1 Å². The van der Waals surface area contributed by atoms with Crippen LogP contribution >= 0.6 is 7.60 Å². The lowest BCUT2D eigenvalue weighted by Crippen LogP contribution is -1.93. The van der Waals surface area contributed by atoms with E-state index in [0.717, 1.165) is 12.8 Å². The zero-order chi connectivity index (χ0) is 9.73. The largest absolute Gasteiger partial charge is 0.405 e. The molecule has 0 radical (unpaired) electrons. The van der Waals surface area contributed by atoms with Crippen molar-refractivity contribution in [3.63, 3.8) is 0 Å². The second-order valence-corrected chi connectivity index (χ2v) is 4.60. The van der Waals surface area contributed by atoms with Crippen LogP contribution in [0.3, 0.4) is 0 Å². The highest BCUT2D eigenvalue weighted by atomic mass is 31.2. The summed E-state index contributed by atoms with van der Waals surface area (Å²) in [4.78, 5) is 0. The summed E-state index contributed by atoms with van der Waals surface area (Å²) in [6.45, 7) is 4.31. The Balaban J connectivity index is 2.55. The molecule has 0 aromatic rings. The predicted octanol–water partition coefficient (Wildman–Crippen LogP) is 2.62. The molecule has 13 heavy (non-hydrogen) atoms. The van der Waals surface area contributed by atoms with Crippen LogP contribution in [0, 0.1) is 17.5 Å². The fraction of sp³-hybridized carbons (Fsp3) is 0.778. The second-order valence-electron chi connectivity index (χ2n) is 2.86. The molecular weight excluding hydrogens is 187 g/mol. The lowest BCUT2D eigenvalue weighted by Gasteiger charge is -2.09. The van der Waals surface area contributed by atoms with E-state index in [9.17, 15) is 4.57 Å².